The minimum Gasteiger partial charge on any atom is -0.489 e. The van der Waals surface area contributed by atoms with Gasteiger partial charge in [0.25, 0.3) is 5.91 Å². The molecule has 0 radical (unpaired) electrons. The summed E-state index contributed by atoms with van der Waals surface area (Å²) in [4.78, 5) is 25.7. The first-order valence-electron chi connectivity index (χ1n) is 8.93. The maximum absolute atomic E-state index is 13.8. The lowest BCUT2D eigenvalue weighted by Gasteiger charge is -2.14. The molecule has 0 spiro atoms. The van der Waals surface area contributed by atoms with Gasteiger partial charge in [0.15, 0.2) is 0 Å². The van der Waals surface area contributed by atoms with Crippen molar-refractivity contribution in [1.82, 2.24) is 10.2 Å². The van der Waals surface area contributed by atoms with Crippen LogP contribution in [0.25, 0.3) is 6.08 Å². The van der Waals surface area contributed by atoms with E-state index in [0.717, 1.165) is 11.3 Å². The highest BCUT2D eigenvalue weighted by atomic mass is 35.5. The molecule has 1 saturated heterocycles. The molecule has 146 valence electrons. The Morgan fingerprint density at radius 2 is 2.00 bits per heavy atom. The number of hydrogen-bond donors (Lipinski definition) is 1. The van der Waals surface area contributed by atoms with Crippen molar-refractivity contribution in [3.05, 3.63) is 70.1 Å². The third-order valence-corrected chi connectivity index (χ3v) is 4.71. The number of hydrogen-bond acceptors (Lipinski definition) is 3. The highest BCUT2D eigenvalue weighted by Gasteiger charge is 2.34. The topological polar surface area (TPSA) is 58.6 Å². The van der Waals surface area contributed by atoms with E-state index in [-0.39, 0.29) is 23.9 Å². The molecule has 0 aliphatic carbocycles. The number of imide groups is 1. The van der Waals surface area contributed by atoms with Gasteiger partial charge in [-0.1, -0.05) is 42.8 Å². The second-order valence-corrected chi connectivity index (χ2v) is 6.90. The van der Waals surface area contributed by atoms with Gasteiger partial charge < -0.3 is 10.1 Å². The van der Waals surface area contributed by atoms with Crippen LogP contribution in [0.2, 0.25) is 5.02 Å². The molecule has 1 atom stereocenters. The first kappa shape index (κ1) is 19.9. The highest BCUT2D eigenvalue weighted by Crippen LogP contribution is 2.28. The van der Waals surface area contributed by atoms with Crippen LogP contribution in [-0.2, 0) is 11.3 Å². The lowest BCUT2D eigenvalue weighted by atomic mass is 10.1. The van der Waals surface area contributed by atoms with Crippen LogP contribution in [0.5, 0.6) is 5.75 Å². The molecule has 0 saturated carbocycles. The molecule has 0 bridgehead atoms. The van der Waals surface area contributed by atoms with E-state index in [1.807, 2.05) is 13.8 Å². The largest absolute Gasteiger partial charge is 0.489 e. The highest BCUT2D eigenvalue weighted by molar-refractivity contribution is 6.32. The average molecular weight is 403 g/mol. The van der Waals surface area contributed by atoms with E-state index >= 15 is 0 Å². The summed E-state index contributed by atoms with van der Waals surface area (Å²) in [5.74, 6) is -0.436. The number of nitrogens with one attached hydrogen (secondary N) is 1. The van der Waals surface area contributed by atoms with Crippen LogP contribution in [0.4, 0.5) is 9.18 Å². The molecule has 3 amide bonds. The van der Waals surface area contributed by atoms with Crippen molar-refractivity contribution >= 4 is 29.6 Å². The molecule has 0 aromatic heterocycles. The Bertz CT molecular complexity index is 945. The molecule has 2 aromatic rings. The fourth-order valence-corrected chi connectivity index (χ4v) is 2.91. The molecular formula is C21H20ClFN2O3. The van der Waals surface area contributed by atoms with Crippen molar-refractivity contribution in [2.24, 2.45) is 0 Å². The van der Waals surface area contributed by atoms with Gasteiger partial charge >= 0.3 is 6.03 Å². The molecule has 1 N–H and O–H groups in total. The third-order valence-electron chi connectivity index (χ3n) is 4.42. The minimum absolute atomic E-state index is 0.0318. The Balaban J connectivity index is 1.78. The Hall–Kier alpha value is -2.86. The van der Waals surface area contributed by atoms with Gasteiger partial charge in [0.2, 0.25) is 0 Å². The molecule has 0 unspecified atom stereocenters. The summed E-state index contributed by atoms with van der Waals surface area (Å²) in [7, 11) is 0. The average Bonchev–Trinajstić information content (AvgIpc) is 2.93. The first-order chi connectivity index (χ1) is 13.4. The number of rotatable bonds is 6. The molecule has 1 aliphatic heterocycles. The number of amides is 3. The van der Waals surface area contributed by atoms with Gasteiger partial charge in [0.1, 0.15) is 17.3 Å². The number of benzene rings is 2. The molecule has 1 heterocycles. The predicted octanol–water partition coefficient (Wildman–Crippen LogP) is 4.75. The van der Waals surface area contributed by atoms with E-state index in [0.29, 0.717) is 16.3 Å². The van der Waals surface area contributed by atoms with Crippen molar-refractivity contribution in [1.29, 1.82) is 0 Å². The van der Waals surface area contributed by atoms with Gasteiger partial charge in [-0.2, -0.15) is 0 Å². The fourth-order valence-electron chi connectivity index (χ4n) is 2.68. The molecule has 7 heteroatoms. The van der Waals surface area contributed by atoms with Crippen molar-refractivity contribution in [3.8, 4) is 5.75 Å². The van der Waals surface area contributed by atoms with Crippen LogP contribution < -0.4 is 10.1 Å². The normalized spacial score (nSPS) is 16.4. The number of carbonyl (C=O) groups is 2. The van der Waals surface area contributed by atoms with E-state index in [9.17, 15) is 14.0 Å². The Labute approximate surface area is 167 Å². The maximum Gasteiger partial charge on any atom is 0.329 e. The lowest BCUT2D eigenvalue weighted by molar-refractivity contribution is -0.123. The molecule has 28 heavy (non-hydrogen) atoms. The third kappa shape index (κ3) is 4.34. The van der Waals surface area contributed by atoms with E-state index in [1.165, 1.54) is 18.2 Å². The van der Waals surface area contributed by atoms with E-state index in [4.69, 9.17) is 16.3 Å². The zero-order valence-electron chi connectivity index (χ0n) is 15.5. The van der Waals surface area contributed by atoms with Gasteiger partial charge in [-0.15, -0.1) is 0 Å². The Morgan fingerprint density at radius 3 is 2.68 bits per heavy atom. The lowest BCUT2D eigenvalue weighted by Crippen LogP contribution is -2.30. The fraction of sp³-hybridized carbons (Fsp3) is 0.238. The van der Waals surface area contributed by atoms with Crippen molar-refractivity contribution < 1.29 is 18.7 Å². The van der Waals surface area contributed by atoms with Crippen LogP contribution in [0, 0.1) is 5.82 Å². The van der Waals surface area contributed by atoms with Crippen molar-refractivity contribution in [2.45, 2.75) is 32.9 Å². The van der Waals surface area contributed by atoms with Crippen LogP contribution in [0.3, 0.4) is 0 Å². The predicted molar refractivity (Wildman–Crippen MR) is 105 cm³/mol. The summed E-state index contributed by atoms with van der Waals surface area (Å²) in [5, 5.41) is 2.93. The maximum atomic E-state index is 13.8. The van der Waals surface area contributed by atoms with E-state index in [2.05, 4.69) is 5.32 Å². The van der Waals surface area contributed by atoms with Crippen LogP contribution in [0.15, 0.2) is 48.2 Å². The number of urea groups is 1. The smallest absolute Gasteiger partial charge is 0.329 e. The van der Waals surface area contributed by atoms with Crippen molar-refractivity contribution in [3.63, 3.8) is 0 Å². The van der Waals surface area contributed by atoms with Crippen LogP contribution in [0.1, 0.15) is 31.4 Å². The second-order valence-electron chi connectivity index (χ2n) is 6.50. The zero-order valence-corrected chi connectivity index (χ0v) is 16.3. The van der Waals surface area contributed by atoms with Crippen LogP contribution >= 0.6 is 11.6 Å². The zero-order chi connectivity index (χ0) is 20.3. The quantitative estimate of drug-likeness (QED) is 0.560. The number of halogens is 2. The molecule has 1 aliphatic rings. The summed E-state index contributed by atoms with van der Waals surface area (Å²) in [6.07, 6.45) is 2.41. The second kappa shape index (κ2) is 8.44. The number of ether oxygens (including phenoxy) is 1. The molecule has 2 aromatic carbocycles. The summed E-state index contributed by atoms with van der Waals surface area (Å²) >= 11 is 6.26. The number of nitrogens with zero attached hydrogens (tertiary/aromatic N) is 1. The summed E-state index contributed by atoms with van der Waals surface area (Å²) in [6.45, 7) is 3.82. The van der Waals surface area contributed by atoms with Gasteiger partial charge in [0.05, 0.1) is 17.7 Å². The van der Waals surface area contributed by atoms with Gasteiger partial charge in [-0.05, 0) is 43.2 Å². The van der Waals surface area contributed by atoms with Gasteiger partial charge in [0, 0.05) is 5.56 Å². The Morgan fingerprint density at radius 1 is 1.25 bits per heavy atom. The van der Waals surface area contributed by atoms with Gasteiger partial charge in [-0.3, -0.25) is 9.69 Å². The molecule has 5 nitrogen and oxygen atoms in total. The van der Waals surface area contributed by atoms with Crippen LogP contribution in [-0.4, -0.2) is 22.9 Å². The summed E-state index contributed by atoms with van der Waals surface area (Å²) < 4.78 is 19.5. The molecular weight excluding hydrogens is 383 g/mol. The molecule has 1 fully saturated rings. The SMILES string of the molecule is CC[C@@H](C)Oc1ccc(/C=C2\NC(=O)N(Cc3ccccc3F)C2=O)cc1Cl. The van der Waals surface area contributed by atoms with Crippen molar-refractivity contribution in [2.75, 3.05) is 0 Å². The van der Waals surface area contributed by atoms with E-state index in [1.54, 1.807) is 30.3 Å². The summed E-state index contributed by atoms with van der Waals surface area (Å²) in [6, 6.07) is 10.6. The number of carbonyl (C=O) groups excluding carboxylic acids is 2. The first-order valence-corrected chi connectivity index (χ1v) is 9.31. The van der Waals surface area contributed by atoms with Gasteiger partial charge in [-0.25, -0.2) is 9.18 Å². The summed E-state index contributed by atoms with van der Waals surface area (Å²) in [5.41, 5.74) is 1.01. The Kier molecular flexibility index (Phi) is 5.99. The van der Waals surface area contributed by atoms with E-state index < -0.39 is 17.8 Å². The monoisotopic (exact) mass is 402 g/mol. The molecule has 3 rings (SSSR count). The standard InChI is InChI=1S/C21H20ClFN2O3/c1-3-13(2)28-19-9-8-14(10-16(19)22)11-18-20(26)25(21(27)24-18)12-15-6-4-5-7-17(15)23/h4-11,13H,3,12H2,1-2H3,(H,24,27)/b18-11-/t13-/m1/s1. The minimum atomic E-state index is -0.595.